The van der Waals surface area contributed by atoms with Gasteiger partial charge in [-0.3, -0.25) is 0 Å². The van der Waals surface area contributed by atoms with Gasteiger partial charge in [0.1, 0.15) is 5.75 Å². The molecule has 0 heterocycles. The molecule has 0 aliphatic carbocycles. The van der Waals surface area contributed by atoms with Crippen LogP contribution >= 0.6 is 11.6 Å². The molecule has 0 saturated heterocycles. The summed E-state index contributed by atoms with van der Waals surface area (Å²) in [5.41, 5.74) is 5.31. The predicted octanol–water partition coefficient (Wildman–Crippen LogP) is 1.93. The molecule has 3 N–H and O–H groups in total. The van der Waals surface area contributed by atoms with Gasteiger partial charge in [0.2, 0.25) is 0 Å². The largest absolute Gasteiger partial charge is 0.508 e. The van der Waals surface area contributed by atoms with Gasteiger partial charge in [0, 0.05) is 5.02 Å². The molecule has 0 aliphatic heterocycles. The van der Waals surface area contributed by atoms with E-state index in [2.05, 4.69) is 5.73 Å². The first-order valence-electron chi connectivity index (χ1n) is 3.23. The van der Waals surface area contributed by atoms with Gasteiger partial charge in [-0.2, -0.15) is 0 Å². The number of aryl methyl sites for hydroxylation is 1. The molecular weight excluding hydrogens is 162 g/mol. The standard InChI is InChI=1S/C7H7ClO.CH5N/c1-5-4-6(8)2-3-7(5)9;1-2/h2-4,9H,1H3;2H2,1H3. The van der Waals surface area contributed by atoms with Crippen molar-refractivity contribution in [2.75, 3.05) is 7.05 Å². The molecule has 0 amide bonds. The zero-order valence-corrected chi connectivity index (χ0v) is 7.39. The van der Waals surface area contributed by atoms with Gasteiger partial charge in [-0.25, -0.2) is 0 Å². The van der Waals surface area contributed by atoms with Crippen LogP contribution < -0.4 is 5.73 Å². The molecule has 3 heteroatoms. The molecule has 2 nitrogen and oxygen atoms in total. The number of phenols is 1. The van der Waals surface area contributed by atoms with E-state index in [1.807, 2.05) is 0 Å². The van der Waals surface area contributed by atoms with Crippen molar-refractivity contribution < 1.29 is 5.11 Å². The highest BCUT2D eigenvalue weighted by Gasteiger charge is 1.93. The number of rotatable bonds is 0. The van der Waals surface area contributed by atoms with Crippen molar-refractivity contribution >= 4 is 11.6 Å². The maximum absolute atomic E-state index is 8.99. The van der Waals surface area contributed by atoms with Crippen molar-refractivity contribution in [1.82, 2.24) is 0 Å². The van der Waals surface area contributed by atoms with Crippen molar-refractivity contribution in [1.29, 1.82) is 0 Å². The molecule has 0 bridgehead atoms. The first-order chi connectivity index (χ1) is 5.20. The highest BCUT2D eigenvalue weighted by atomic mass is 35.5. The Bertz CT molecular complexity index is 225. The summed E-state index contributed by atoms with van der Waals surface area (Å²) in [6.07, 6.45) is 0. The first kappa shape index (κ1) is 10.3. The fourth-order valence-electron chi connectivity index (χ4n) is 0.619. The Morgan fingerprint density at radius 3 is 2.27 bits per heavy atom. The van der Waals surface area contributed by atoms with Crippen LogP contribution in [-0.2, 0) is 0 Å². The van der Waals surface area contributed by atoms with Gasteiger partial charge >= 0.3 is 0 Å². The summed E-state index contributed by atoms with van der Waals surface area (Å²) in [6.45, 7) is 1.81. The average Bonchev–Trinajstić information content (AvgIpc) is 2.02. The molecule has 0 spiro atoms. The Kier molecular flexibility index (Phi) is 4.66. The van der Waals surface area contributed by atoms with E-state index in [0.29, 0.717) is 10.8 Å². The van der Waals surface area contributed by atoms with Gasteiger partial charge in [0.15, 0.2) is 0 Å². The predicted molar refractivity (Wildman–Crippen MR) is 48.0 cm³/mol. The van der Waals surface area contributed by atoms with Crippen LogP contribution in [0, 0.1) is 6.92 Å². The molecule has 1 aromatic rings. The van der Waals surface area contributed by atoms with Gasteiger partial charge in [0.25, 0.3) is 0 Å². The van der Waals surface area contributed by atoms with E-state index in [-0.39, 0.29) is 0 Å². The van der Waals surface area contributed by atoms with E-state index < -0.39 is 0 Å². The van der Waals surface area contributed by atoms with Crippen LogP contribution in [0.3, 0.4) is 0 Å². The van der Waals surface area contributed by atoms with E-state index in [1.165, 1.54) is 7.05 Å². The number of benzene rings is 1. The van der Waals surface area contributed by atoms with E-state index in [1.54, 1.807) is 25.1 Å². The van der Waals surface area contributed by atoms with E-state index in [0.717, 1.165) is 5.56 Å². The minimum atomic E-state index is 0.291. The lowest BCUT2D eigenvalue weighted by atomic mass is 10.2. The van der Waals surface area contributed by atoms with Crippen LogP contribution in [0.1, 0.15) is 5.56 Å². The maximum Gasteiger partial charge on any atom is 0.118 e. The van der Waals surface area contributed by atoms with Crippen molar-refractivity contribution in [2.24, 2.45) is 5.73 Å². The summed E-state index contributed by atoms with van der Waals surface area (Å²) in [5.74, 6) is 0.291. The van der Waals surface area contributed by atoms with Gasteiger partial charge in [-0.15, -0.1) is 0 Å². The number of hydrogen-bond donors (Lipinski definition) is 2. The highest BCUT2D eigenvalue weighted by Crippen LogP contribution is 2.19. The van der Waals surface area contributed by atoms with Crippen LogP contribution in [0.25, 0.3) is 0 Å². The zero-order valence-electron chi connectivity index (χ0n) is 6.63. The summed E-state index contributed by atoms with van der Waals surface area (Å²) >= 11 is 5.61. The topological polar surface area (TPSA) is 46.2 Å². The van der Waals surface area contributed by atoms with Crippen LogP contribution in [0.15, 0.2) is 18.2 Å². The minimum Gasteiger partial charge on any atom is -0.508 e. The monoisotopic (exact) mass is 173 g/mol. The van der Waals surface area contributed by atoms with Gasteiger partial charge in [-0.1, -0.05) is 11.6 Å². The fourth-order valence-corrected chi connectivity index (χ4v) is 0.846. The molecule has 62 valence electrons. The summed E-state index contributed by atoms with van der Waals surface area (Å²) in [4.78, 5) is 0. The van der Waals surface area contributed by atoms with Crippen LogP contribution in [0.5, 0.6) is 5.75 Å². The highest BCUT2D eigenvalue weighted by molar-refractivity contribution is 6.30. The second-order valence-electron chi connectivity index (χ2n) is 1.93. The number of nitrogens with two attached hydrogens (primary N) is 1. The number of hydrogen-bond acceptors (Lipinski definition) is 2. The van der Waals surface area contributed by atoms with E-state index in [4.69, 9.17) is 16.7 Å². The third kappa shape index (κ3) is 3.25. The average molecular weight is 174 g/mol. The Morgan fingerprint density at radius 1 is 1.36 bits per heavy atom. The first-order valence-corrected chi connectivity index (χ1v) is 3.61. The van der Waals surface area contributed by atoms with E-state index >= 15 is 0 Å². The zero-order chi connectivity index (χ0) is 8.85. The Hall–Kier alpha value is -0.730. The molecule has 0 aromatic heterocycles. The lowest BCUT2D eigenvalue weighted by Gasteiger charge is -1.95. The van der Waals surface area contributed by atoms with Crippen molar-refractivity contribution in [3.63, 3.8) is 0 Å². The third-order valence-corrected chi connectivity index (χ3v) is 1.39. The normalized spacial score (nSPS) is 8.36. The van der Waals surface area contributed by atoms with Crippen LogP contribution in [0.2, 0.25) is 5.02 Å². The van der Waals surface area contributed by atoms with Gasteiger partial charge in [-0.05, 0) is 37.7 Å². The summed E-state index contributed by atoms with van der Waals surface area (Å²) < 4.78 is 0. The number of aromatic hydroxyl groups is 1. The van der Waals surface area contributed by atoms with Crippen molar-refractivity contribution in [3.8, 4) is 5.75 Å². The maximum atomic E-state index is 8.99. The lowest BCUT2D eigenvalue weighted by Crippen LogP contribution is -1.71. The summed E-state index contributed by atoms with van der Waals surface area (Å²) in [6, 6.07) is 4.96. The minimum absolute atomic E-state index is 0.291. The molecular formula is C8H12ClNO. The van der Waals surface area contributed by atoms with Gasteiger partial charge in [0.05, 0.1) is 0 Å². The summed E-state index contributed by atoms with van der Waals surface area (Å²) in [5, 5.41) is 9.64. The molecule has 1 aromatic carbocycles. The molecule has 0 aliphatic rings. The van der Waals surface area contributed by atoms with Gasteiger partial charge < -0.3 is 10.8 Å². The Labute approximate surface area is 71.6 Å². The molecule has 0 atom stereocenters. The molecule has 1 rings (SSSR count). The second-order valence-corrected chi connectivity index (χ2v) is 2.37. The van der Waals surface area contributed by atoms with Crippen LogP contribution in [-0.4, -0.2) is 12.2 Å². The lowest BCUT2D eigenvalue weighted by molar-refractivity contribution is 0.471. The van der Waals surface area contributed by atoms with E-state index in [9.17, 15) is 0 Å². The molecule has 11 heavy (non-hydrogen) atoms. The summed E-state index contributed by atoms with van der Waals surface area (Å²) in [7, 11) is 1.50. The number of halogens is 1. The molecule has 0 radical (unpaired) electrons. The van der Waals surface area contributed by atoms with Crippen molar-refractivity contribution in [3.05, 3.63) is 28.8 Å². The third-order valence-electron chi connectivity index (χ3n) is 1.16. The SMILES string of the molecule is CN.Cc1cc(Cl)ccc1O. The molecule has 0 fully saturated rings. The fraction of sp³-hybridized carbons (Fsp3) is 0.250. The molecule has 0 unspecified atom stereocenters. The number of phenolic OH excluding ortho intramolecular Hbond substituents is 1. The smallest absolute Gasteiger partial charge is 0.118 e. The quantitative estimate of drug-likeness (QED) is 0.630. The molecule has 0 saturated carbocycles. The Morgan fingerprint density at radius 2 is 1.91 bits per heavy atom. The Balaban J connectivity index is 0.000000461. The van der Waals surface area contributed by atoms with Crippen molar-refractivity contribution in [2.45, 2.75) is 6.92 Å². The second kappa shape index (κ2) is 4.99. The van der Waals surface area contributed by atoms with Crippen LogP contribution in [0.4, 0.5) is 0 Å².